The van der Waals surface area contributed by atoms with E-state index in [9.17, 15) is 8.42 Å². The molecule has 1 N–H and O–H groups in total. The van der Waals surface area contributed by atoms with E-state index in [4.69, 9.17) is 0 Å². The molecule has 0 spiro atoms. The molecule has 4 nitrogen and oxygen atoms in total. The van der Waals surface area contributed by atoms with Gasteiger partial charge in [0, 0.05) is 17.8 Å². The van der Waals surface area contributed by atoms with Crippen LogP contribution < -0.4 is 4.72 Å². The molecule has 0 aliphatic carbocycles. The minimum Gasteiger partial charge on any atom is -0.279 e. The fraction of sp³-hybridized carbons (Fsp3) is 0. The van der Waals surface area contributed by atoms with E-state index < -0.39 is 10.0 Å². The van der Waals surface area contributed by atoms with Crippen LogP contribution in [0.1, 0.15) is 0 Å². The lowest BCUT2D eigenvalue weighted by Crippen LogP contribution is -2.13. The molecule has 0 unspecified atom stereocenters. The average molecular weight is 360 g/mol. The van der Waals surface area contributed by atoms with Gasteiger partial charge in [-0.05, 0) is 40.8 Å². The first-order valence-electron chi connectivity index (χ1n) is 8.14. The van der Waals surface area contributed by atoms with Gasteiger partial charge in [0.05, 0.1) is 10.6 Å². The van der Waals surface area contributed by atoms with Crippen LogP contribution in [-0.2, 0) is 10.0 Å². The number of aromatic nitrogens is 1. The van der Waals surface area contributed by atoms with Crippen LogP contribution in [0.2, 0.25) is 0 Å². The first-order chi connectivity index (χ1) is 12.6. The number of rotatable bonds is 4. The maximum Gasteiger partial charge on any atom is 0.261 e. The third-order valence-corrected chi connectivity index (χ3v) is 5.58. The second-order valence-electron chi connectivity index (χ2n) is 5.90. The van der Waals surface area contributed by atoms with Gasteiger partial charge in [-0.1, -0.05) is 54.6 Å². The molecular formula is C21H16N2O2S. The topological polar surface area (TPSA) is 59.1 Å². The fourth-order valence-electron chi connectivity index (χ4n) is 2.86. The van der Waals surface area contributed by atoms with E-state index in [0.29, 0.717) is 5.69 Å². The molecule has 0 atom stereocenters. The van der Waals surface area contributed by atoms with E-state index in [1.165, 1.54) is 0 Å². The van der Waals surface area contributed by atoms with Crippen LogP contribution in [0.5, 0.6) is 0 Å². The van der Waals surface area contributed by atoms with Gasteiger partial charge in [0.1, 0.15) is 0 Å². The molecule has 5 heteroatoms. The second kappa shape index (κ2) is 6.61. The molecule has 0 amide bonds. The van der Waals surface area contributed by atoms with E-state index >= 15 is 0 Å². The lowest BCUT2D eigenvalue weighted by molar-refractivity contribution is 0.601. The smallest absolute Gasteiger partial charge is 0.261 e. The first-order valence-corrected chi connectivity index (χ1v) is 9.63. The number of hydrogen-bond acceptors (Lipinski definition) is 3. The minimum absolute atomic E-state index is 0.220. The number of anilines is 1. The van der Waals surface area contributed by atoms with Crippen LogP contribution in [0.4, 0.5) is 5.69 Å². The van der Waals surface area contributed by atoms with E-state index in [0.717, 1.165) is 21.9 Å². The Labute approximate surface area is 152 Å². The van der Waals surface area contributed by atoms with Gasteiger partial charge in [0.2, 0.25) is 0 Å². The molecular weight excluding hydrogens is 344 g/mol. The summed E-state index contributed by atoms with van der Waals surface area (Å²) in [5.41, 5.74) is 2.53. The van der Waals surface area contributed by atoms with Crippen molar-refractivity contribution in [1.82, 2.24) is 4.98 Å². The summed E-state index contributed by atoms with van der Waals surface area (Å²) in [6, 6.07) is 24.0. The largest absolute Gasteiger partial charge is 0.279 e. The Kier molecular flexibility index (Phi) is 4.14. The molecule has 0 bridgehead atoms. The van der Waals surface area contributed by atoms with Crippen molar-refractivity contribution < 1.29 is 8.42 Å². The molecule has 1 heterocycles. The summed E-state index contributed by atoms with van der Waals surface area (Å²) in [4.78, 5) is 4.31. The fourth-order valence-corrected chi connectivity index (χ4v) is 3.94. The SMILES string of the molecule is O=S(=O)(Nc1cccc2ccncc12)c1ccc(-c2ccccc2)cc1. The average Bonchev–Trinajstić information content (AvgIpc) is 2.69. The predicted octanol–water partition coefficient (Wildman–Crippen LogP) is 4.70. The Hall–Kier alpha value is -3.18. The Morgan fingerprint density at radius 3 is 2.23 bits per heavy atom. The van der Waals surface area contributed by atoms with Crippen molar-refractivity contribution in [2.75, 3.05) is 4.72 Å². The zero-order chi connectivity index (χ0) is 18.0. The Bertz CT molecular complexity index is 1150. The van der Waals surface area contributed by atoms with Crippen LogP contribution in [-0.4, -0.2) is 13.4 Å². The second-order valence-corrected chi connectivity index (χ2v) is 7.58. The van der Waals surface area contributed by atoms with Crippen LogP contribution in [0.3, 0.4) is 0 Å². The molecule has 4 aromatic rings. The normalized spacial score (nSPS) is 11.4. The number of nitrogens with zero attached hydrogens (tertiary/aromatic N) is 1. The van der Waals surface area contributed by atoms with E-state index in [1.54, 1.807) is 30.6 Å². The highest BCUT2D eigenvalue weighted by atomic mass is 32.2. The molecule has 0 saturated heterocycles. The third-order valence-electron chi connectivity index (χ3n) is 4.20. The van der Waals surface area contributed by atoms with Gasteiger partial charge >= 0.3 is 0 Å². The van der Waals surface area contributed by atoms with Crippen LogP contribution in [0, 0.1) is 0 Å². The highest BCUT2D eigenvalue weighted by Gasteiger charge is 2.15. The maximum atomic E-state index is 12.8. The van der Waals surface area contributed by atoms with Crippen molar-refractivity contribution >= 4 is 26.5 Å². The third kappa shape index (κ3) is 3.17. The van der Waals surface area contributed by atoms with Crippen LogP contribution in [0.25, 0.3) is 21.9 Å². The monoisotopic (exact) mass is 360 g/mol. The molecule has 0 saturated carbocycles. The lowest BCUT2D eigenvalue weighted by atomic mass is 10.1. The van der Waals surface area contributed by atoms with Crippen LogP contribution >= 0.6 is 0 Å². The summed E-state index contributed by atoms with van der Waals surface area (Å²) in [6.07, 6.45) is 3.34. The Balaban J connectivity index is 1.66. The number of hydrogen-bond donors (Lipinski definition) is 1. The summed E-state index contributed by atoms with van der Waals surface area (Å²) in [6.45, 7) is 0. The zero-order valence-electron chi connectivity index (χ0n) is 13.8. The van der Waals surface area contributed by atoms with Gasteiger partial charge in [0.25, 0.3) is 10.0 Å². The summed E-state index contributed by atoms with van der Waals surface area (Å²) in [5, 5.41) is 1.69. The number of nitrogens with one attached hydrogen (secondary N) is 1. The Morgan fingerprint density at radius 2 is 1.46 bits per heavy atom. The number of pyridine rings is 1. The zero-order valence-corrected chi connectivity index (χ0v) is 14.6. The number of sulfonamides is 1. The number of benzene rings is 3. The van der Waals surface area contributed by atoms with Crippen molar-refractivity contribution in [3.05, 3.63) is 91.3 Å². The molecule has 3 aromatic carbocycles. The minimum atomic E-state index is -3.68. The molecule has 128 valence electrons. The standard InChI is InChI=1S/C21H16N2O2S/c24-26(25,23-21-8-4-7-18-13-14-22-15-20(18)21)19-11-9-17(10-12-19)16-5-2-1-3-6-16/h1-15,23H. The molecule has 0 aliphatic rings. The lowest BCUT2D eigenvalue weighted by Gasteiger charge is -2.11. The van der Waals surface area contributed by atoms with Crippen LogP contribution in [0.15, 0.2) is 96.2 Å². The summed E-state index contributed by atoms with van der Waals surface area (Å²) >= 11 is 0. The van der Waals surface area contributed by atoms with Crippen molar-refractivity contribution in [2.45, 2.75) is 4.90 Å². The van der Waals surface area contributed by atoms with Gasteiger partial charge in [-0.25, -0.2) is 8.42 Å². The van der Waals surface area contributed by atoms with E-state index in [-0.39, 0.29) is 4.90 Å². The van der Waals surface area contributed by atoms with Crippen molar-refractivity contribution in [1.29, 1.82) is 0 Å². The molecule has 26 heavy (non-hydrogen) atoms. The van der Waals surface area contributed by atoms with Crippen molar-refractivity contribution in [2.24, 2.45) is 0 Å². The maximum absolute atomic E-state index is 12.8. The quantitative estimate of drug-likeness (QED) is 0.574. The van der Waals surface area contributed by atoms with E-state index in [1.807, 2.05) is 60.7 Å². The van der Waals surface area contributed by atoms with Gasteiger partial charge < -0.3 is 0 Å². The van der Waals surface area contributed by atoms with Gasteiger partial charge in [0.15, 0.2) is 0 Å². The summed E-state index contributed by atoms with van der Waals surface area (Å²) in [7, 11) is -3.68. The highest BCUT2D eigenvalue weighted by molar-refractivity contribution is 7.92. The van der Waals surface area contributed by atoms with Gasteiger partial charge in [-0.2, -0.15) is 0 Å². The van der Waals surface area contributed by atoms with Crippen molar-refractivity contribution in [3.8, 4) is 11.1 Å². The highest BCUT2D eigenvalue weighted by Crippen LogP contribution is 2.26. The molecule has 0 aliphatic heterocycles. The Morgan fingerprint density at radius 1 is 0.731 bits per heavy atom. The van der Waals surface area contributed by atoms with E-state index in [2.05, 4.69) is 9.71 Å². The predicted molar refractivity (Wildman–Crippen MR) is 104 cm³/mol. The van der Waals surface area contributed by atoms with Gasteiger partial charge in [-0.15, -0.1) is 0 Å². The molecule has 0 radical (unpaired) electrons. The molecule has 1 aromatic heterocycles. The number of fused-ring (bicyclic) bond motifs is 1. The summed E-state index contributed by atoms with van der Waals surface area (Å²) < 4.78 is 28.2. The van der Waals surface area contributed by atoms with Crippen molar-refractivity contribution in [3.63, 3.8) is 0 Å². The molecule has 4 rings (SSSR count). The molecule has 0 fully saturated rings. The first kappa shape index (κ1) is 16.3. The summed E-state index contributed by atoms with van der Waals surface area (Å²) in [5.74, 6) is 0. The van der Waals surface area contributed by atoms with Gasteiger partial charge in [-0.3, -0.25) is 9.71 Å².